The van der Waals surface area contributed by atoms with Gasteiger partial charge < -0.3 is 10.5 Å². The van der Waals surface area contributed by atoms with Gasteiger partial charge in [-0.05, 0) is 55.0 Å². The van der Waals surface area contributed by atoms with Gasteiger partial charge in [-0.2, -0.15) is 0 Å². The van der Waals surface area contributed by atoms with E-state index < -0.39 is 0 Å². The van der Waals surface area contributed by atoms with Gasteiger partial charge in [-0.3, -0.25) is 4.98 Å². The first-order valence-corrected chi connectivity index (χ1v) is 7.64. The lowest BCUT2D eigenvalue weighted by Gasteiger charge is -2.31. The van der Waals surface area contributed by atoms with E-state index in [2.05, 4.69) is 29.2 Å². The van der Waals surface area contributed by atoms with Gasteiger partial charge in [0.2, 0.25) is 0 Å². The lowest BCUT2D eigenvalue weighted by Crippen LogP contribution is -2.29. The smallest absolute Gasteiger partial charge is 0.0982 e. The molecule has 110 valence electrons. The number of hydrogen-bond acceptors (Lipinski definition) is 3. The third-order valence-electron chi connectivity index (χ3n) is 4.14. The average Bonchev–Trinajstić information content (AvgIpc) is 2.53. The maximum absolute atomic E-state index is 6.41. The second kappa shape index (κ2) is 6.37. The van der Waals surface area contributed by atoms with Crippen molar-refractivity contribution >= 4 is 0 Å². The molecule has 21 heavy (non-hydrogen) atoms. The molecule has 0 aliphatic heterocycles. The van der Waals surface area contributed by atoms with Gasteiger partial charge >= 0.3 is 0 Å². The van der Waals surface area contributed by atoms with Crippen molar-refractivity contribution in [3.8, 4) is 0 Å². The van der Waals surface area contributed by atoms with Gasteiger partial charge in [0, 0.05) is 18.4 Å². The predicted molar refractivity (Wildman–Crippen MR) is 83.8 cm³/mol. The molecule has 1 aliphatic carbocycles. The molecule has 3 heteroatoms. The first-order valence-electron chi connectivity index (χ1n) is 7.64. The van der Waals surface area contributed by atoms with Crippen molar-refractivity contribution in [1.29, 1.82) is 0 Å². The summed E-state index contributed by atoms with van der Waals surface area (Å²) in [4.78, 5) is 4.07. The van der Waals surface area contributed by atoms with Crippen molar-refractivity contribution in [1.82, 2.24) is 4.98 Å². The van der Waals surface area contributed by atoms with Crippen LogP contribution < -0.4 is 5.73 Å². The highest BCUT2D eigenvalue weighted by Gasteiger charge is 2.26. The van der Waals surface area contributed by atoms with Gasteiger partial charge in [0.25, 0.3) is 0 Å². The first-order chi connectivity index (χ1) is 10.3. The van der Waals surface area contributed by atoms with Crippen LogP contribution in [0.3, 0.4) is 0 Å². The molecular formula is C18H22N2O. The highest BCUT2D eigenvalue weighted by Crippen LogP contribution is 2.36. The summed E-state index contributed by atoms with van der Waals surface area (Å²) in [6.07, 6.45) is 7.01. The van der Waals surface area contributed by atoms with Crippen LogP contribution in [0.25, 0.3) is 0 Å². The fraction of sp³-hybridized carbons (Fsp3) is 0.389. The maximum Gasteiger partial charge on any atom is 0.0982 e. The molecule has 3 nitrogen and oxygen atoms in total. The van der Waals surface area contributed by atoms with Crippen LogP contribution in [0.4, 0.5) is 0 Å². The Morgan fingerprint density at radius 3 is 2.71 bits per heavy atom. The quantitative estimate of drug-likeness (QED) is 0.932. The van der Waals surface area contributed by atoms with Crippen LogP contribution in [-0.2, 0) is 11.2 Å². The van der Waals surface area contributed by atoms with Crippen molar-refractivity contribution in [3.05, 3.63) is 65.5 Å². The summed E-state index contributed by atoms with van der Waals surface area (Å²) in [6, 6.07) is 12.5. The monoisotopic (exact) mass is 282 g/mol. The van der Waals surface area contributed by atoms with Crippen LogP contribution in [0.2, 0.25) is 0 Å². The normalized spacial score (nSPS) is 20.6. The summed E-state index contributed by atoms with van der Waals surface area (Å²) in [5, 5.41) is 0. The third-order valence-corrected chi connectivity index (χ3v) is 4.14. The molecule has 0 fully saturated rings. The Bertz CT molecular complexity index is 583. The SMILES string of the molecule is CC(N)C(OC1CCCc2ccccc21)c1ccncc1. The number of nitrogens with two attached hydrogens (primary N) is 1. The summed E-state index contributed by atoms with van der Waals surface area (Å²) in [5.74, 6) is 0. The van der Waals surface area contributed by atoms with E-state index in [0.717, 1.165) is 18.4 Å². The minimum atomic E-state index is -0.0934. The summed E-state index contributed by atoms with van der Waals surface area (Å²) < 4.78 is 6.41. The highest BCUT2D eigenvalue weighted by molar-refractivity contribution is 5.31. The lowest BCUT2D eigenvalue weighted by molar-refractivity contribution is -0.0340. The zero-order valence-electron chi connectivity index (χ0n) is 12.4. The van der Waals surface area contributed by atoms with Crippen LogP contribution in [0, 0.1) is 0 Å². The Labute approximate surface area is 126 Å². The van der Waals surface area contributed by atoms with Crippen LogP contribution in [0.5, 0.6) is 0 Å². The standard InChI is InChI=1S/C18H22N2O/c1-13(19)18(15-9-11-20-12-10-15)21-17-8-4-6-14-5-2-3-7-16(14)17/h2-3,5,7,9-13,17-18H,4,6,8,19H2,1H3. The Kier molecular flexibility index (Phi) is 4.32. The number of fused-ring (bicyclic) bond motifs is 1. The first kappa shape index (κ1) is 14.2. The molecule has 2 N–H and O–H groups in total. The molecule has 3 rings (SSSR count). The number of aromatic nitrogens is 1. The number of ether oxygens (including phenoxy) is 1. The molecule has 0 radical (unpaired) electrons. The molecule has 2 aromatic rings. The largest absolute Gasteiger partial charge is 0.364 e. The predicted octanol–water partition coefficient (Wildman–Crippen LogP) is 3.56. The molecule has 3 unspecified atom stereocenters. The van der Waals surface area contributed by atoms with E-state index in [1.54, 1.807) is 12.4 Å². The number of aryl methyl sites for hydroxylation is 1. The molecule has 3 atom stereocenters. The van der Waals surface area contributed by atoms with Crippen LogP contribution in [0.1, 0.15) is 48.7 Å². The van der Waals surface area contributed by atoms with Crippen LogP contribution in [-0.4, -0.2) is 11.0 Å². The number of pyridine rings is 1. The van der Waals surface area contributed by atoms with Gasteiger partial charge in [-0.1, -0.05) is 24.3 Å². The van der Waals surface area contributed by atoms with Gasteiger partial charge in [-0.25, -0.2) is 0 Å². The van der Waals surface area contributed by atoms with E-state index in [9.17, 15) is 0 Å². The molecule has 0 spiro atoms. The molecule has 1 aliphatic rings. The molecule has 0 saturated heterocycles. The van der Waals surface area contributed by atoms with E-state index in [1.165, 1.54) is 17.5 Å². The minimum Gasteiger partial charge on any atom is -0.364 e. The van der Waals surface area contributed by atoms with Crippen LogP contribution in [0.15, 0.2) is 48.8 Å². The van der Waals surface area contributed by atoms with E-state index in [4.69, 9.17) is 10.5 Å². The second-order valence-corrected chi connectivity index (χ2v) is 5.78. The van der Waals surface area contributed by atoms with Crippen molar-refractivity contribution in [2.75, 3.05) is 0 Å². The molecule has 0 amide bonds. The minimum absolute atomic E-state index is 0.0542. The van der Waals surface area contributed by atoms with Crippen LogP contribution >= 0.6 is 0 Å². The Balaban J connectivity index is 1.85. The average molecular weight is 282 g/mol. The third kappa shape index (κ3) is 3.14. The molecular weight excluding hydrogens is 260 g/mol. The fourth-order valence-corrected chi connectivity index (χ4v) is 3.09. The van der Waals surface area contributed by atoms with E-state index in [-0.39, 0.29) is 18.2 Å². The van der Waals surface area contributed by atoms with Crippen molar-refractivity contribution < 1.29 is 4.74 Å². The summed E-state index contributed by atoms with van der Waals surface area (Å²) in [5.41, 5.74) is 9.99. The molecule has 1 aromatic carbocycles. The maximum atomic E-state index is 6.41. The summed E-state index contributed by atoms with van der Waals surface area (Å²) in [6.45, 7) is 2.00. The highest BCUT2D eigenvalue weighted by atomic mass is 16.5. The molecule has 0 saturated carbocycles. The zero-order chi connectivity index (χ0) is 14.7. The Morgan fingerprint density at radius 1 is 1.19 bits per heavy atom. The molecule has 1 aromatic heterocycles. The van der Waals surface area contributed by atoms with E-state index >= 15 is 0 Å². The fourth-order valence-electron chi connectivity index (χ4n) is 3.09. The molecule has 1 heterocycles. The van der Waals surface area contributed by atoms with E-state index in [0.29, 0.717) is 0 Å². The topological polar surface area (TPSA) is 48.1 Å². The van der Waals surface area contributed by atoms with Crippen molar-refractivity contribution in [2.24, 2.45) is 5.73 Å². The Morgan fingerprint density at radius 2 is 1.95 bits per heavy atom. The number of benzene rings is 1. The zero-order valence-corrected chi connectivity index (χ0v) is 12.4. The number of rotatable bonds is 4. The lowest BCUT2D eigenvalue weighted by atomic mass is 9.89. The number of nitrogens with zero attached hydrogens (tertiary/aromatic N) is 1. The van der Waals surface area contributed by atoms with Gasteiger partial charge in [0.15, 0.2) is 0 Å². The number of hydrogen-bond donors (Lipinski definition) is 1. The van der Waals surface area contributed by atoms with Gasteiger partial charge in [0.05, 0.1) is 12.2 Å². The second-order valence-electron chi connectivity index (χ2n) is 5.78. The molecule has 0 bridgehead atoms. The summed E-state index contributed by atoms with van der Waals surface area (Å²) in [7, 11) is 0. The van der Waals surface area contributed by atoms with E-state index in [1.807, 2.05) is 19.1 Å². The van der Waals surface area contributed by atoms with Gasteiger partial charge in [0.1, 0.15) is 0 Å². The van der Waals surface area contributed by atoms with Crippen molar-refractivity contribution in [3.63, 3.8) is 0 Å². The summed E-state index contributed by atoms with van der Waals surface area (Å²) >= 11 is 0. The van der Waals surface area contributed by atoms with Gasteiger partial charge in [-0.15, -0.1) is 0 Å². The van der Waals surface area contributed by atoms with Crippen molar-refractivity contribution in [2.45, 2.75) is 44.4 Å². The Hall–Kier alpha value is -1.71.